The summed E-state index contributed by atoms with van der Waals surface area (Å²) in [6.45, 7) is 2.40. The second-order valence-corrected chi connectivity index (χ2v) is 11.9. The molecule has 0 N–H and O–H groups in total. The Kier molecular flexibility index (Phi) is 7.93. The van der Waals surface area contributed by atoms with E-state index < -0.39 is 27.8 Å². The maximum absolute atomic E-state index is 13.9. The summed E-state index contributed by atoms with van der Waals surface area (Å²) >= 11 is 5.91. The second-order valence-electron chi connectivity index (χ2n) is 9.55. The average molecular weight is 582 g/mol. The highest BCUT2D eigenvalue weighted by atomic mass is 35.5. The third kappa shape index (κ3) is 5.34. The van der Waals surface area contributed by atoms with Gasteiger partial charge in [-0.1, -0.05) is 23.7 Å². The molecule has 0 atom stereocenters. The molecule has 3 amide bonds. The molecule has 0 saturated carbocycles. The van der Waals surface area contributed by atoms with Crippen LogP contribution >= 0.6 is 11.6 Å². The highest BCUT2D eigenvalue weighted by molar-refractivity contribution is 7.89. The molecule has 2 aliphatic heterocycles. The Balaban J connectivity index is 1.36. The molecular weight excluding hydrogens is 554 g/mol. The average Bonchev–Trinajstić information content (AvgIpc) is 3.21. The first-order valence-corrected chi connectivity index (χ1v) is 14.8. The van der Waals surface area contributed by atoms with E-state index in [1.54, 1.807) is 48.5 Å². The van der Waals surface area contributed by atoms with Crippen LogP contribution in [0.4, 0.5) is 5.69 Å². The number of carbonyl (C=O) groups is 3. The Morgan fingerprint density at radius 2 is 1.50 bits per heavy atom. The van der Waals surface area contributed by atoms with Crippen molar-refractivity contribution in [2.75, 3.05) is 31.3 Å². The van der Waals surface area contributed by atoms with Gasteiger partial charge in [0.05, 0.1) is 22.6 Å². The van der Waals surface area contributed by atoms with Crippen molar-refractivity contribution in [2.24, 2.45) is 5.92 Å². The van der Waals surface area contributed by atoms with Crippen LogP contribution < -0.4 is 9.64 Å². The number of hydrogen-bond donors (Lipinski definition) is 0. The molecule has 11 heteroatoms. The fraction of sp³-hybridized carbons (Fsp3) is 0.276. The maximum Gasteiger partial charge on any atom is 0.263 e. The molecular formula is C29H28ClN3O6S. The topological polar surface area (TPSA) is 104 Å². The van der Waals surface area contributed by atoms with Crippen molar-refractivity contribution >= 4 is 45.0 Å². The van der Waals surface area contributed by atoms with Gasteiger partial charge in [-0.15, -0.1) is 0 Å². The molecule has 0 aromatic heterocycles. The Bertz CT molecular complexity index is 1500. The summed E-state index contributed by atoms with van der Waals surface area (Å²) in [5.41, 5.74) is 1.10. The van der Waals surface area contributed by atoms with Gasteiger partial charge in [0.1, 0.15) is 12.4 Å². The van der Waals surface area contributed by atoms with Crippen LogP contribution in [0.1, 0.15) is 40.5 Å². The van der Waals surface area contributed by atoms with Crippen molar-refractivity contribution in [1.29, 1.82) is 0 Å². The zero-order valence-corrected chi connectivity index (χ0v) is 23.4. The molecule has 5 rings (SSSR count). The van der Waals surface area contributed by atoms with Crippen molar-refractivity contribution in [3.05, 3.63) is 88.9 Å². The molecule has 0 unspecified atom stereocenters. The van der Waals surface area contributed by atoms with E-state index in [0.717, 1.165) is 4.90 Å². The van der Waals surface area contributed by atoms with Gasteiger partial charge in [0.15, 0.2) is 0 Å². The van der Waals surface area contributed by atoms with Gasteiger partial charge < -0.3 is 4.74 Å². The predicted molar refractivity (Wildman–Crippen MR) is 150 cm³/mol. The predicted octanol–water partition coefficient (Wildman–Crippen LogP) is 4.43. The molecule has 0 radical (unpaired) electrons. The SMILES string of the molecule is CCOc1ccc(N(CN2C(=O)c3ccccc3C2=O)C(=O)C2CCN(S(=O)(=O)c3ccc(Cl)cc3)CC2)cc1. The number of fused-ring (bicyclic) bond motifs is 1. The summed E-state index contributed by atoms with van der Waals surface area (Å²) in [6, 6.07) is 19.4. The van der Waals surface area contributed by atoms with Gasteiger partial charge in [0.2, 0.25) is 15.9 Å². The smallest absolute Gasteiger partial charge is 0.263 e. The van der Waals surface area contributed by atoms with Crippen molar-refractivity contribution in [2.45, 2.75) is 24.7 Å². The Hall–Kier alpha value is -3.73. The number of nitrogens with zero attached hydrogens (tertiary/aromatic N) is 3. The van der Waals surface area contributed by atoms with E-state index in [1.165, 1.54) is 33.5 Å². The van der Waals surface area contributed by atoms with E-state index in [-0.39, 0.29) is 30.6 Å². The normalized spacial score (nSPS) is 16.2. The third-order valence-corrected chi connectivity index (χ3v) is 9.31. The zero-order valence-electron chi connectivity index (χ0n) is 21.8. The number of sulfonamides is 1. The molecule has 208 valence electrons. The standard InChI is InChI=1S/C29H28ClN3O6S/c1-2-39-23-11-9-22(10-12-23)32(19-33-28(35)25-5-3-4-6-26(25)29(33)36)27(34)20-15-17-31(18-16-20)40(37,38)24-13-7-21(30)8-14-24/h3-14,20H,2,15-19H2,1H3. The van der Waals surface area contributed by atoms with E-state index >= 15 is 0 Å². The molecule has 0 bridgehead atoms. The number of imide groups is 1. The molecule has 40 heavy (non-hydrogen) atoms. The lowest BCUT2D eigenvalue weighted by molar-refractivity contribution is -0.123. The molecule has 3 aromatic rings. The zero-order chi connectivity index (χ0) is 28.4. The summed E-state index contributed by atoms with van der Waals surface area (Å²) in [7, 11) is -3.74. The lowest BCUT2D eigenvalue weighted by Crippen LogP contribution is -2.49. The minimum absolute atomic E-state index is 0.142. The third-order valence-electron chi connectivity index (χ3n) is 7.14. The lowest BCUT2D eigenvalue weighted by atomic mass is 9.96. The molecule has 0 spiro atoms. The van der Waals surface area contributed by atoms with Gasteiger partial charge in [-0.25, -0.2) is 8.42 Å². The summed E-state index contributed by atoms with van der Waals surface area (Å²) in [4.78, 5) is 42.7. The number of hydrogen-bond acceptors (Lipinski definition) is 6. The summed E-state index contributed by atoms with van der Waals surface area (Å²) in [5, 5.41) is 0.440. The number of halogens is 1. The van der Waals surface area contributed by atoms with Gasteiger partial charge in [-0.2, -0.15) is 4.31 Å². The summed E-state index contributed by atoms with van der Waals surface area (Å²) in [6.07, 6.45) is 0.586. The first-order chi connectivity index (χ1) is 19.2. The number of amides is 3. The molecule has 2 aliphatic rings. The first-order valence-electron chi connectivity index (χ1n) is 13.0. The minimum atomic E-state index is -3.74. The summed E-state index contributed by atoms with van der Waals surface area (Å²) in [5.74, 6) is -1.09. The summed E-state index contributed by atoms with van der Waals surface area (Å²) < 4.78 is 33.1. The minimum Gasteiger partial charge on any atom is -0.494 e. The van der Waals surface area contributed by atoms with Crippen molar-refractivity contribution in [3.8, 4) is 5.75 Å². The number of carbonyl (C=O) groups excluding carboxylic acids is 3. The maximum atomic E-state index is 13.9. The van der Waals surface area contributed by atoms with Crippen LogP contribution in [-0.4, -0.2) is 61.7 Å². The van der Waals surface area contributed by atoms with Crippen LogP contribution in [-0.2, 0) is 14.8 Å². The van der Waals surface area contributed by atoms with Crippen LogP contribution in [0.3, 0.4) is 0 Å². The number of anilines is 1. The monoisotopic (exact) mass is 581 g/mol. The Labute approximate surface area is 237 Å². The molecule has 2 heterocycles. The van der Waals surface area contributed by atoms with Crippen LogP contribution in [0.5, 0.6) is 5.75 Å². The van der Waals surface area contributed by atoms with Gasteiger partial charge in [0.25, 0.3) is 11.8 Å². The fourth-order valence-electron chi connectivity index (χ4n) is 5.00. The molecule has 3 aromatic carbocycles. The van der Waals surface area contributed by atoms with Gasteiger partial charge in [0, 0.05) is 29.7 Å². The van der Waals surface area contributed by atoms with Crippen molar-refractivity contribution in [3.63, 3.8) is 0 Å². The second kappa shape index (κ2) is 11.4. The lowest BCUT2D eigenvalue weighted by Gasteiger charge is -2.35. The number of rotatable bonds is 8. The van der Waals surface area contributed by atoms with Gasteiger partial charge >= 0.3 is 0 Å². The fourth-order valence-corrected chi connectivity index (χ4v) is 6.59. The van der Waals surface area contributed by atoms with Crippen molar-refractivity contribution in [1.82, 2.24) is 9.21 Å². The van der Waals surface area contributed by atoms with Crippen LogP contribution in [0.15, 0.2) is 77.7 Å². The Morgan fingerprint density at radius 3 is 2.05 bits per heavy atom. The highest BCUT2D eigenvalue weighted by Crippen LogP contribution is 2.30. The molecule has 1 fully saturated rings. The van der Waals surface area contributed by atoms with Gasteiger partial charge in [-0.05, 0) is 80.4 Å². The number of piperidine rings is 1. The molecule has 0 aliphatic carbocycles. The molecule has 9 nitrogen and oxygen atoms in total. The largest absolute Gasteiger partial charge is 0.494 e. The van der Waals surface area contributed by atoms with E-state index in [1.807, 2.05) is 6.92 Å². The highest BCUT2D eigenvalue weighted by Gasteiger charge is 2.39. The first kappa shape index (κ1) is 27.8. The van der Waals surface area contributed by atoms with E-state index in [2.05, 4.69) is 0 Å². The van der Waals surface area contributed by atoms with Crippen LogP contribution in [0.25, 0.3) is 0 Å². The van der Waals surface area contributed by atoms with E-state index in [9.17, 15) is 22.8 Å². The quantitative estimate of drug-likeness (QED) is 0.365. The van der Waals surface area contributed by atoms with Gasteiger partial charge in [-0.3, -0.25) is 24.2 Å². The number of ether oxygens (including phenoxy) is 1. The van der Waals surface area contributed by atoms with E-state index in [0.29, 0.717) is 47.0 Å². The number of benzene rings is 3. The Morgan fingerprint density at radius 1 is 0.925 bits per heavy atom. The molecule has 1 saturated heterocycles. The van der Waals surface area contributed by atoms with Crippen LogP contribution in [0.2, 0.25) is 5.02 Å². The van der Waals surface area contributed by atoms with Crippen molar-refractivity contribution < 1.29 is 27.5 Å². The van der Waals surface area contributed by atoms with E-state index in [4.69, 9.17) is 16.3 Å². The van der Waals surface area contributed by atoms with Crippen LogP contribution in [0, 0.1) is 5.92 Å².